The highest BCUT2D eigenvalue weighted by Crippen LogP contribution is 2.77. The first kappa shape index (κ1) is 26.6. The molecule has 2 heterocycles. The molecule has 2 aromatic carbocycles. The molecule has 0 saturated carbocycles. The van der Waals surface area contributed by atoms with E-state index in [2.05, 4.69) is 30.6 Å². The predicted octanol–water partition coefficient (Wildman–Crippen LogP) is 4.62. The van der Waals surface area contributed by atoms with Crippen molar-refractivity contribution in [3.05, 3.63) is 71.8 Å². The number of carbonyl (C=O) groups is 2. The highest BCUT2D eigenvalue weighted by atomic mass is 32.3. The lowest BCUT2D eigenvalue weighted by Gasteiger charge is -2.60. The summed E-state index contributed by atoms with van der Waals surface area (Å²) in [6.07, 6.45) is 1.56. The predicted molar refractivity (Wildman–Crippen MR) is 145 cm³/mol. The minimum absolute atomic E-state index is 0.388. The zero-order valence-corrected chi connectivity index (χ0v) is 22.4. The lowest BCUT2D eigenvalue weighted by Crippen LogP contribution is -2.55. The molecule has 0 radical (unpaired) electrons. The minimum atomic E-state index is -2.79. The van der Waals surface area contributed by atoms with Crippen molar-refractivity contribution >= 4 is 34.3 Å². The maximum Gasteiger partial charge on any atom is 0.441 e. The molecule has 0 aromatic heterocycles. The number of rotatable bonds is 8. The van der Waals surface area contributed by atoms with Gasteiger partial charge in [-0.3, -0.25) is 4.90 Å². The van der Waals surface area contributed by atoms with Gasteiger partial charge in [0.1, 0.15) is 5.60 Å². The first-order valence-electron chi connectivity index (χ1n) is 12.4. The van der Waals surface area contributed by atoms with Crippen LogP contribution in [0.3, 0.4) is 0 Å². The maximum atomic E-state index is 12.9. The highest BCUT2D eigenvalue weighted by molar-refractivity contribution is 8.36. The van der Waals surface area contributed by atoms with E-state index in [1.54, 1.807) is 0 Å². The van der Waals surface area contributed by atoms with Crippen LogP contribution in [0.2, 0.25) is 0 Å². The average molecular weight is 528 g/mol. The molecule has 2 aliphatic rings. The Morgan fingerprint density at radius 2 is 1.53 bits per heavy atom. The molecule has 2 saturated heterocycles. The Bertz CT molecular complexity index is 1070. The van der Waals surface area contributed by atoms with Crippen molar-refractivity contribution in [1.29, 1.82) is 0 Å². The van der Waals surface area contributed by atoms with Crippen LogP contribution in [-0.4, -0.2) is 57.2 Å². The largest absolute Gasteiger partial charge is 0.441 e. The van der Waals surface area contributed by atoms with Gasteiger partial charge in [-0.2, -0.15) is 0 Å². The third-order valence-electron chi connectivity index (χ3n) is 6.82. The second-order valence-electron chi connectivity index (χ2n) is 8.77. The molecule has 36 heavy (non-hydrogen) atoms. The Labute approximate surface area is 219 Å². The van der Waals surface area contributed by atoms with Crippen LogP contribution >= 0.6 is 22.4 Å². The van der Waals surface area contributed by atoms with Crippen LogP contribution in [-0.2, 0) is 23.6 Å². The molecule has 192 valence electrons. The standard InChI is InChI=1S/C28H33NO5S2/c1-3-29(4-2)20-13-7-12-19-27(35-21-14-22-36(27)33-25(30)26(31)34-36)28(32,23-15-8-5-9-16-23)24-17-10-6-11-18-24/h5-6,8-11,15-18,32H,3-4,12,14,19-22H2,1-2H3. The fourth-order valence-corrected chi connectivity index (χ4v) is 10.9. The number of thioether (sulfide) groups is 1. The molecule has 0 aliphatic carbocycles. The fourth-order valence-electron chi connectivity index (χ4n) is 4.92. The summed E-state index contributed by atoms with van der Waals surface area (Å²) >= 11 is 1.54. The normalized spacial score (nSPS) is 22.0. The van der Waals surface area contributed by atoms with E-state index in [0.717, 1.165) is 25.3 Å². The van der Waals surface area contributed by atoms with Crippen LogP contribution in [0.25, 0.3) is 0 Å². The van der Waals surface area contributed by atoms with E-state index in [0.29, 0.717) is 36.3 Å². The summed E-state index contributed by atoms with van der Waals surface area (Å²) in [7, 11) is -2.79. The third kappa shape index (κ3) is 4.66. The zero-order chi connectivity index (χ0) is 25.7. The lowest BCUT2D eigenvalue weighted by molar-refractivity contribution is -0.150. The zero-order valence-electron chi connectivity index (χ0n) is 20.8. The van der Waals surface area contributed by atoms with Gasteiger partial charge in [-0.15, -0.1) is 17.7 Å². The molecule has 1 atom stereocenters. The summed E-state index contributed by atoms with van der Waals surface area (Å²) in [5.41, 5.74) is -0.276. The molecule has 1 unspecified atom stereocenters. The topological polar surface area (TPSA) is 76.1 Å². The lowest BCUT2D eigenvalue weighted by atomic mass is 9.81. The molecule has 0 amide bonds. The van der Waals surface area contributed by atoms with Gasteiger partial charge >= 0.3 is 11.9 Å². The SMILES string of the molecule is CCN(CC)CC#CCCC1(C(O)(c2ccccc2)c2ccccc2)SCCCS12OC(=O)C(=O)O2. The summed E-state index contributed by atoms with van der Waals surface area (Å²) in [4.78, 5) is 27.1. The molecule has 2 aromatic rings. The number of hydrogen-bond acceptors (Lipinski definition) is 7. The van der Waals surface area contributed by atoms with Crippen LogP contribution in [0, 0.1) is 11.8 Å². The van der Waals surface area contributed by atoms with E-state index >= 15 is 0 Å². The van der Waals surface area contributed by atoms with Gasteiger partial charge < -0.3 is 13.5 Å². The van der Waals surface area contributed by atoms with Gasteiger partial charge in [-0.1, -0.05) is 91.0 Å². The molecule has 1 N–H and O–H groups in total. The van der Waals surface area contributed by atoms with Crippen molar-refractivity contribution in [2.75, 3.05) is 31.1 Å². The van der Waals surface area contributed by atoms with E-state index in [4.69, 9.17) is 8.37 Å². The molecular formula is C28H33NO5S2. The van der Waals surface area contributed by atoms with Crippen molar-refractivity contribution in [3.63, 3.8) is 0 Å². The van der Waals surface area contributed by atoms with E-state index in [1.807, 2.05) is 60.7 Å². The van der Waals surface area contributed by atoms with Crippen LogP contribution in [0.15, 0.2) is 60.7 Å². The van der Waals surface area contributed by atoms with Gasteiger partial charge in [-0.05, 0) is 42.8 Å². The number of nitrogens with zero attached hydrogens (tertiary/aromatic N) is 1. The number of aliphatic hydroxyl groups is 1. The smallest absolute Gasteiger partial charge is 0.377 e. The van der Waals surface area contributed by atoms with E-state index in [1.165, 1.54) is 11.8 Å². The second kappa shape index (κ2) is 11.3. The second-order valence-corrected chi connectivity index (χ2v) is 13.1. The van der Waals surface area contributed by atoms with Gasteiger partial charge in [0.15, 0.2) is 4.08 Å². The summed E-state index contributed by atoms with van der Waals surface area (Å²) in [6, 6.07) is 18.8. The highest BCUT2D eigenvalue weighted by Gasteiger charge is 2.67. The van der Waals surface area contributed by atoms with Gasteiger partial charge in [0.05, 0.1) is 12.3 Å². The fraction of sp³-hybridized carbons (Fsp3) is 0.429. The summed E-state index contributed by atoms with van der Waals surface area (Å²) in [6.45, 7) is 6.72. The Kier molecular flexibility index (Phi) is 8.36. The van der Waals surface area contributed by atoms with Crippen molar-refractivity contribution in [3.8, 4) is 11.8 Å². The van der Waals surface area contributed by atoms with Crippen LogP contribution in [0.5, 0.6) is 0 Å². The van der Waals surface area contributed by atoms with Crippen molar-refractivity contribution in [1.82, 2.24) is 4.90 Å². The Hall–Kier alpha value is -2.44. The quantitative estimate of drug-likeness (QED) is 0.397. The maximum absolute atomic E-state index is 12.9. The van der Waals surface area contributed by atoms with E-state index in [-0.39, 0.29) is 0 Å². The summed E-state index contributed by atoms with van der Waals surface area (Å²) < 4.78 is 10.6. The monoisotopic (exact) mass is 527 g/mol. The molecule has 2 aliphatic heterocycles. The van der Waals surface area contributed by atoms with Crippen LogP contribution in [0.1, 0.15) is 44.2 Å². The first-order valence-corrected chi connectivity index (χ1v) is 15.0. The van der Waals surface area contributed by atoms with Gasteiger partial charge in [0.25, 0.3) is 0 Å². The van der Waals surface area contributed by atoms with Crippen molar-refractivity contribution in [2.45, 2.75) is 42.8 Å². The third-order valence-corrected chi connectivity index (χ3v) is 12.6. The molecule has 8 heteroatoms. The molecule has 1 spiro atoms. The van der Waals surface area contributed by atoms with Crippen LogP contribution in [0.4, 0.5) is 0 Å². The Morgan fingerprint density at radius 1 is 0.972 bits per heavy atom. The van der Waals surface area contributed by atoms with Gasteiger partial charge in [0, 0.05) is 6.42 Å². The van der Waals surface area contributed by atoms with Crippen LogP contribution < -0.4 is 0 Å². The average Bonchev–Trinajstić information content (AvgIpc) is 3.21. The van der Waals surface area contributed by atoms with E-state index in [9.17, 15) is 14.7 Å². The molecule has 2 fully saturated rings. The molecule has 0 bridgehead atoms. The van der Waals surface area contributed by atoms with Crippen molar-refractivity contribution in [2.24, 2.45) is 0 Å². The molecular weight excluding hydrogens is 494 g/mol. The first-order chi connectivity index (χ1) is 17.4. The van der Waals surface area contributed by atoms with Crippen molar-refractivity contribution < 1.29 is 23.1 Å². The number of benzene rings is 2. The molecule has 6 nitrogen and oxygen atoms in total. The summed E-state index contributed by atoms with van der Waals surface area (Å²) in [5, 5.41) is 12.9. The summed E-state index contributed by atoms with van der Waals surface area (Å²) in [5.74, 6) is 5.70. The van der Waals surface area contributed by atoms with Gasteiger partial charge in [-0.25, -0.2) is 9.59 Å². The Morgan fingerprint density at radius 3 is 2.06 bits per heavy atom. The number of hydrogen-bond donors (Lipinski definition) is 1. The number of carbonyl (C=O) groups excluding carboxylic acids is 2. The van der Waals surface area contributed by atoms with Gasteiger partial charge in [0.2, 0.25) is 0 Å². The minimum Gasteiger partial charge on any atom is -0.377 e. The van der Waals surface area contributed by atoms with E-state index < -0.39 is 32.2 Å². The Balaban J connectivity index is 1.86. The molecule has 4 rings (SSSR count).